The number of hydrogen-bond donors (Lipinski definition) is 0. The maximum Gasteiger partial charge on any atom is 0.417 e. The van der Waals surface area contributed by atoms with Gasteiger partial charge in [-0.15, -0.1) is 0 Å². The molecule has 0 bridgehead atoms. The molecule has 0 atom stereocenters. The maximum atomic E-state index is 13.2. The van der Waals surface area contributed by atoms with Crippen LogP contribution in [0.5, 0.6) is 0 Å². The Morgan fingerprint density at radius 3 is 2.32 bits per heavy atom. The van der Waals surface area contributed by atoms with Gasteiger partial charge in [0, 0.05) is 11.6 Å². The lowest BCUT2D eigenvalue weighted by Gasteiger charge is -2.38. The molecule has 0 radical (unpaired) electrons. The Bertz CT molecular complexity index is 1240. The quantitative estimate of drug-likeness (QED) is 0.530. The zero-order valence-electron chi connectivity index (χ0n) is 15.7. The van der Waals surface area contributed by atoms with Crippen LogP contribution in [0, 0.1) is 0 Å². The molecule has 0 aliphatic carbocycles. The van der Waals surface area contributed by atoms with E-state index in [0.717, 1.165) is 21.6 Å². The van der Waals surface area contributed by atoms with Crippen LogP contribution in [-0.4, -0.2) is 34.4 Å². The Balaban J connectivity index is 1.69. The number of likely N-dealkylation sites (tertiary alicyclic amines) is 1. The van der Waals surface area contributed by atoms with Gasteiger partial charge in [0.1, 0.15) is 6.54 Å². The second-order valence-corrected chi connectivity index (χ2v) is 7.76. The number of nitrogens with zero attached hydrogens (tertiary/aromatic N) is 2. The van der Waals surface area contributed by atoms with Gasteiger partial charge in [-0.2, -0.15) is 13.2 Å². The van der Waals surface area contributed by atoms with Crippen LogP contribution in [0.3, 0.4) is 0 Å². The third-order valence-electron chi connectivity index (χ3n) is 5.09. The molecule has 0 N–H and O–H groups in total. The number of pyridine rings is 1. The van der Waals surface area contributed by atoms with Gasteiger partial charge in [0.05, 0.1) is 23.7 Å². The average Bonchev–Trinajstić information content (AvgIpc) is 2.67. The zero-order valence-corrected chi connectivity index (χ0v) is 16.5. The first-order valence-electron chi connectivity index (χ1n) is 9.10. The monoisotopic (exact) mass is 456 g/mol. The lowest BCUT2D eigenvalue weighted by Crippen LogP contribution is -2.59. The highest BCUT2D eigenvalue weighted by Crippen LogP contribution is 2.37. The predicted octanol–water partition coefficient (Wildman–Crippen LogP) is 4.82. The van der Waals surface area contributed by atoms with E-state index in [1.807, 2.05) is 0 Å². The molecule has 0 unspecified atom stereocenters. The molecule has 4 nitrogen and oxygen atoms in total. The first-order valence-corrected chi connectivity index (χ1v) is 9.48. The third-order valence-corrected chi connectivity index (χ3v) is 5.42. The molecule has 4 rings (SSSR count). The number of fused-ring (bicyclic) bond motifs is 1. The van der Waals surface area contributed by atoms with Crippen molar-refractivity contribution in [3.05, 3.63) is 69.6 Å². The zero-order chi connectivity index (χ0) is 22.6. The largest absolute Gasteiger partial charge is 0.417 e. The molecular weight excluding hydrogens is 443 g/mol. The Hall–Kier alpha value is -2.94. The molecule has 0 saturated carbocycles. The topological polar surface area (TPSA) is 42.3 Å². The van der Waals surface area contributed by atoms with Crippen molar-refractivity contribution in [2.75, 3.05) is 13.1 Å². The summed E-state index contributed by atoms with van der Waals surface area (Å²) in [5.41, 5.74) is -0.968. The summed E-state index contributed by atoms with van der Waals surface area (Å²) in [6.07, 6.45) is -3.26. The molecule has 1 saturated heterocycles. The van der Waals surface area contributed by atoms with Gasteiger partial charge in [0.25, 0.3) is 11.5 Å². The summed E-state index contributed by atoms with van der Waals surface area (Å²) < 4.78 is 66.5. The van der Waals surface area contributed by atoms with Crippen molar-refractivity contribution < 1.29 is 26.7 Å². The average molecular weight is 457 g/mol. The number of benzene rings is 2. The van der Waals surface area contributed by atoms with Gasteiger partial charge >= 0.3 is 6.18 Å². The number of halogens is 6. The molecule has 10 heteroatoms. The van der Waals surface area contributed by atoms with Crippen molar-refractivity contribution in [3.8, 4) is 11.1 Å². The second kappa shape index (κ2) is 7.33. The number of rotatable bonds is 3. The molecular formula is C21H14ClF5N2O2. The van der Waals surface area contributed by atoms with Crippen LogP contribution in [-0.2, 0) is 17.5 Å². The van der Waals surface area contributed by atoms with Crippen LogP contribution in [0.25, 0.3) is 21.9 Å². The summed E-state index contributed by atoms with van der Waals surface area (Å²) in [5, 5.41) is 0.276. The molecule has 3 aromatic rings. The lowest BCUT2D eigenvalue weighted by molar-refractivity contribution is -0.166. The molecule has 2 aromatic carbocycles. The van der Waals surface area contributed by atoms with E-state index in [-0.39, 0.29) is 10.9 Å². The number of carbonyl (C=O) groups is 1. The Labute approximate surface area is 177 Å². The third kappa shape index (κ3) is 4.14. The van der Waals surface area contributed by atoms with E-state index in [4.69, 9.17) is 11.6 Å². The fraction of sp³-hybridized carbons (Fsp3) is 0.238. The van der Waals surface area contributed by atoms with Crippen molar-refractivity contribution in [2.24, 2.45) is 0 Å². The van der Waals surface area contributed by atoms with E-state index in [9.17, 15) is 31.5 Å². The minimum absolute atomic E-state index is 0.185. The summed E-state index contributed by atoms with van der Waals surface area (Å²) in [6, 6.07) is 9.60. The summed E-state index contributed by atoms with van der Waals surface area (Å²) in [4.78, 5) is 25.9. The van der Waals surface area contributed by atoms with Gasteiger partial charge in [-0.1, -0.05) is 29.8 Å². The fourth-order valence-electron chi connectivity index (χ4n) is 3.44. The van der Waals surface area contributed by atoms with Gasteiger partial charge in [-0.3, -0.25) is 9.59 Å². The minimum atomic E-state index is -4.63. The van der Waals surface area contributed by atoms with Gasteiger partial charge in [-0.25, -0.2) is 8.78 Å². The predicted molar refractivity (Wildman–Crippen MR) is 105 cm³/mol. The SMILES string of the molecule is O=C(Cn1ccc2ccc(-c3ccc(Cl)c(C(F)(F)F)c3)cc2c1=O)N1CC(F)(F)C1. The fourth-order valence-corrected chi connectivity index (χ4v) is 3.66. The van der Waals surface area contributed by atoms with E-state index in [1.165, 1.54) is 18.3 Å². The van der Waals surface area contributed by atoms with Crippen molar-refractivity contribution in [3.63, 3.8) is 0 Å². The van der Waals surface area contributed by atoms with Crippen LogP contribution in [0.4, 0.5) is 22.0 Å². The number of carbonyl (C=O) groups excluding carboxylic acids is 1. The molecule has 31 heavy (non-hydrogen) atoms. The van der Waals surface area contributed by atoms with E-state index in [1.54, 1.807) is 18.2 Å². The maximum absolute atomic E-state index is 13.2. The van der Waals surface area contributed by atoms with Gasteiger partial charge in [-0.05, 0) is 40.8 Å². The van der Waals surface area contributed by atoms with Gasteiger partial charge < -0.3 is 9.47 Å². The van der Waals surface area contributed by atoms with Crippen molar-refractivity contribution in [1.29, 1.82) is 0 Å². The van der Waals surface area contributed by atoms with Crippen LogP contribution >= 0.6 is 11.6 Å². The number of alkyl halides is 5. The van der Waals surface area contributed by atoms with E-state index in [0.29, 0.717) is 10.9 Å². The highest BCUT2D eigenvalue weighted by atomic mass is 35.5. The summed E-state index contributed by atoms with van der Waals surface area (Å²) in [6.45, 7) is -1.78. The summed E-state index contributed by atoms with van der Waals surface area (Å²) >= 11 is 5.66. The Morgan fingerprint density at radius 2 is 1.68 bits per heavy atom. The first kappa shape index (κ1) is 21.3. The van der Waals surface area contributed by atoms with Crippen LogP contribution < -0.4 is 5.56 Å². The molecule has 0 spiro atoms. The van der Waals surface area contributed by atoms with E-state index >= 15 is 0 Å². The lowest BCUT2D eigenvalue weighted by atomic mass is 10.00. The smallest absolute Gasteiger partial charge is 0.329 e. The summed E-state index contributed by atoms with van der Waals surface area (Å²) in [7, 11) is 0. The number of amides is 1. The molecule has 1 aromatic heterocycles. The molecule has 2 heterocycles. The standard InChI is InChI=1S/C21H14ClF5N2O2/c22-17-4-3-14(8-16(17)21(25,26)27)13-2-1-12-5-6-28(19(31)15(12)7-13)9-18(30)29-10-20(23,24)11-29/h1-8H,9-11H2. The Morgan fingerprint density at radius 1 is 1.03 bits per heavy atom. The van der Waals surface area contributed by atoms with Crippen LogP contribution in [0.15, 0.2) is 53.5 Å². The van der Waals surface area contributed by atoms with Crippen molar-refractivity contribution in [2.45, 2.75) is 18.6 Å². The normalized spacial score (nSPS) is 15.7. The minimum Gasteiger partial charge on any atom is -0.329 e. The first-order chi connectivity index (χ1) is 14.4. The summed E-state index contributed by atoms with van der Waals surface area (Å²) in [5.74, 6) is -3.52. The number of hydrogen-bond acceptors (Lipinski definition) is 2. The highest BCUT2D eigenvalue weighted by molar-refractivity contribution is 6.31. The molecule has 1 amide bonds. The van der Waals surface area contributed by atoms with Crippen LogP contribution in [0.1, 0.15) is 5.56 Å². The van der Waals surface area contributed by atoms with Crippen LogP contribution in [0.2, 0.25) is 5.02 Å². The highest BCUT2D eigenvalue weighted by Gasteiger charge is 2.46. The second-order valence-electron chi connectivity index (χ2n) is 7.35. The molecule has 1 aliphatic heterocycles. The van der Waals surface area contributed by atoms with Crippen molar-refractivity contribution >= 4 is 28.3 Å². The van der Waals surface area contributed by atoms with E-state index < -0.39 is 53.8 Å². The molecule has 1 aliphatic rings. The van der Waals surface area contributed by atoms with Gasteiger partial charge in [0.2, 0.25) is 5.91 Å². The van der Waals surface area contributed by atoms with E-state index in [2.05, 4.69) is 0 Å². The molecule has 162 valence electrons. The Kier molecular flexibility index (Phi) is 5.04. The number of aromatic nitrogens is 1. The van der Waals surface area contributed by atoms with Gasteiger partial charge in [0.15, 0.2) is 0 Å². The van der Waals surface area contributed by atoms with Crippen molar-refractivity contribution in [1.82, 2.24) is 9.47 Å². The molecule has 1 fully saturated rings.